The number of rotatable bonds is 6. The van der Waals surface area contributed by atoms with Gasteiger partial charge in [-0.1, -0.05) is 23.2 Å². The van der Waals surface area contributed by atoms with Gasteiger partial charge in [-0.25, -0.2) is 0 Å². The summed E-state index contributed by atoms with van der Waals surface area (Å²) in [6.45, 7) is 0. The summed E-state index contributed by atoms with van der Waals surface area (Å²) in [5, 5.41) is 25.9. The molecule has 2 aromatic carbocycles. The number of non-ortho nitro benzene ring substituents is 1. The van der Waals surface area contributed by atoms with Crippen LogP contribution in [0.1, 0.15) is 0 Å². The highest BCUT2D eigenvalue weighted by atomic mass is 35.5. The lowest BCUT2D eigenvalue weighted by Crippen LogP contribution is -2.15. The Morgan fingerprint density at radius 2 is 2.00 bits per heavy atom. The second kappa shape index (κ2) is 8.89. The molecule has 2 aromatic rings. The second-order valence-electron chi connectivity index (χ2n) is 5.03. The van der Waals surface area contributed by atoms with E-state index in [-0.39, 0.29) is 27.7 Å². The first-order valence-corrected chi connectivity index (χ1v) is 8.07. The summed E-state index contributed by atoms with van der Waals surface area (Å²) in [5.74, 6) is -0.536. The van der Waals surface area contributed by atoms with Gasteiger partial charge in [-0.2, -0.15) is 5.26 Å². The fourth-order valence-electron chi connectivity index (χ4n) is 1.99. The highest BCUT2D eigenvalue weighted by Gasteiger charge is 2.14. The maximum absolute atomic E-state index is 12.3. The zero-order chi connectivity index (χ0) is 20.0. The molecule has 0 atom stereocenters. The number of nitro groups is 1. The Balaban J connectivity index is 2.21. The van der Waals surface area contributed by atoms with E-state index in [4.69, 9.17) is 27.9 Å². The van der Waals surface area contributed by atoms with Crippen molar-refractivity contribution in [3.63, 3.8) is 0 Å². The number of nitrogens with zero attached hydrogens (tertiary/aromatic N) is 2. The predicted molar refractivity (Wildman–Crippen MR) is 102 cm³/mol. The summed E-state index contributed by atoms with van der Waals surface area (Å²) in [6.07, 6.45) is 1.15. The number of nitro benzene ring substituents is 1. The Morgan fingerprint density at radius 1 is 1.26 bits per heavy atom. The number of carbonyl (C=O) groups excluding carboxylic acids is 1. The van der Waals surface area contributed by atoms with Gasteiger partial charge >= 0.3 is 0 Å². The molecular formula is C17H12Cl2N4O4. The average Bonchev–Trinajstić information content (AvgIpc) is 2.65. The van der Waals surface area contributed by atoms with Crippen LogP contribution >= 0.6 is 23.2 Å². The number of nitrogens with one attached hydrogen (secondary N) is 2. The average molecular weight is 407 g/mol. The Kier molecular flexibility index (Phi) is 6.60. The number of halogens is 2. The molecule has 2 N–H and O–H groups in total. The molecule has 0 aliphatic rings. The van der Waals surface area contributed by atoms with Crippen LogP contribution in [-0.2, 0) is 4.79 Å². The lowest BCUT2D eigenvalue weighted by Gasteiger charge is -2.09. The zero-order valence-electron chi connectivity index (χ0n) is 13.8. The molecule has 0 bridgehead atoms. The molecule has 10 heteroatoms. The zero-order valence-corrected chi connectivity index (χ0v) is 15.3. The van der Waals surface area contributed by atoms with E-state index in [1.807, 2.05) is 0 Å². The van der Waals surface area contributed by atoms with Crippen molar-refractivity contribution < 1.29 is 14.5 Å². The number of hydrogen-bond donors (Lipinski definition) is 2. The maximum atomic E-state index is 12.3. The smallest absolute Gasteiger partial charge is 0.273 e. The van der Waals surface area contributed by atoms with Crippen LogP contribution in [0.4, 0.5) is 17.1 Å². The number of anilines is 2. The van der Waals surface area contributed by atoms with Crippen molar-refractivity contribution in [2.75, 3.05) is 17.7 Å². The molecule has 27 heavy (non-hydrogen) atoms. The fourth-order valence-corrected chi connectivity index (χ4v) is 2.33. The first-order valence-electron chi connectivity index (χ1n) is 7.31. The van der Waals surface area contributed by atoms with Crippen LogP contribution in [0.25, 0.3) is 0 Å². The molecule has 0 unspecified atom stereocenters. The molecule has 8 nitrogen and oxygen atoms in total. The third-order valence-electron chi connectivity index (χ3n) is 3.31. The van der Waals surface area contributed by atoms with E-state index in [1.165, 1.54) is 37.4 Å². The number of carbonyl (C=O) groups is 1. The van der Waals surface area contributed by atoms with Crippen LogP contribution < -0.4 is 15.4 Å². The van der Waals surface area contributed by atoms with Crippen LogP contribution in [0.15, 0.2) is 48.2 Å². The van der Waals surface area contributed by atoms with Gasteiger partial charge in [0.15, 0.2) is 0 Å². The molecular weight excluding hydrogens is 395 g/mol. The van der Waals surface area contributed by atoms with Crippen molar-refractivity contribution in [1.29, 1.82) is 5.26 Å². The largest absolute Gasteiger partial charge is 0.494 e. The van der Waals surface area contributed by atoms with Gasteiger partial charge in [0.05, 0.1) is 34.5 Å². The normalized spacial score (nSPS) is 10.7. The molecule has 0 aromatic heterocycles. The van der Waals surface area contributed by atoms with E-state index in [2.05, 4.69) is 10.6 Å². The van der Waals surface area contributed by atoms with Crippen LogP contribution in [0.2, 0.25) is 10.0 Å². The Bertz CT molecular complexity index is 970. The van der Waals surface area contributed by atoms with Gasteiger partial charge in [-0.05, 0) is 24.3 Å². The molecule has 0 aliphatic heterocycles. The fraction of sp³-hybridized carbons (Fsp3) is 0.0588. The Labute approximate surface area is 164 Å². The van der Waals surface area contributed by atoms with Crippen LogP contribution in [0.5, 0.6) is 5.75 Å². The monoisotopic (exact) mass is 406 g/mol. The number of ether oxygens (including phenoxy) is 1. The molecule has 0 spiro atoms. The van der Waals surface area contributed by atoms with Gasteiger partial charge in [0.2, 0.25) is 0 Å². The molecule has 0 aliphatic carbocycles. The third-order valence-corrected chi connectivity index (χ3v) is 3.87. The summed E-state index contributed by atoms with van der Waals surface area (Å²) in [5.41, 5.74) is 0.175. The van der Waals surface area contributed by atoms with E-state index in [9.17, 15) is 20.2 Å². The van der Waals surface area contributed by atoms with Crippen molar-refractivity contribution in [2.45, 2.75) is 0 Å². The summed E-state index contributed by atoms with van der Waals surface area (Å²) < 4.78 is 5.08. The van der Waals surface area contributed by atoms with E-state index < -0.39 is 10.8 Å². The van der Waals surface area contributed by atoms with Crippen molar-refractivity contribution in [3.05, 3.63) is 68.3 Å². The molecule has 0 heterocycles. The topological polar surface area (TPSA) is 117 Å². The van der Waals surface area contributed by atoms with E-state index in [0.29, 0.717) is 10.7 Å². The molecule has 0 saturated heterocycles. The quantitative estimate of drug-likeness (QED) is 0.318. The number of hydrogen-bond acceptors (Lipinski definition) is 6. The summed E-state index contributed by atoms with van der Waals surface area (Å²) in [7, 11) is 1.34. The molecule has 138 valence electrons. The second-order valence-corrected chi connectivity index (χ2v) is 5.88. The lowest BCUT2D eigenvalue weighted by molar-refractivity contribution is -0.384. The molecule has 0 radical (unpaired) electrons. The van der Waals surface area contributed by atoms with Crippen molar-refractivity contribution in [2.24, 2.45) is 0 Å². The molecule has 2 rings (SSSR count). The van der Waals surface area contributed by atoms with Gasteiger partial charge in [-0.15, -0.1) is 0 Å². The van der Waals surface area contributed by atoms with Gasteiger partial charge in [0.25, 0.3) is 11.6 Å². The Morgan fingerprint density at radius 3 is 2.63 bits per heavy atom. The summed E-state index contributed by atoms with van der Waals surface area (Å²) in [6, 6.07) is 10.1. The summed E-state index contributed by atoms with van der Waals surface area (Å²) >= 11 is 11.8. The number of methoxy groups -OCH3 is 1. The van der Waals surface area contributed by atoms with Gasteiger partial charge in [0.1, 0.15) is 17.4 Å². The Hall–Kier alpha value is -3.28. The highest BCUT2D eigenvalue weighted by Crippen LogP contribution is 2.29. The van der Waals surface area contributed by atoms with E-state index in [1.54, 1.807) is 12.1 Å². The number of nitriles is 1. The van der Waals surface area contributed by atoms with Gasteiger partial charge in [-0.3, -0.25) is 14.9 Å². The van der Waals surface area contributed by atoms with Crippen LogP contribution in [-0.4, -0.2) is 17.9 Å². The molecule has 0 saturated carbocycles. The molecule has 0 fully saturated rings. The molecule has 1 amide bonds. The SMILES string of the molecule is COc1cc([N+](=O)[O-])ccc1N/C=C(/C#N)C(=O)Nc1cc(Cl)ccc1Cl. The standard InChI is InChI=1S/C17H12Cl2N4O4/c1-27-16-7-12(23(25)26)3-5-14(16)21-9-10(8-20)17(24)22-15-6-11(18)2-4-13(15)19/h2-7,9,21H,1H3,(H,22,24)/b10-9-. The number of amides is 1. The highest BCUT2D eigenvalue weighted by molar-refractivity contribution is 6.36. The van der Waals surface area contributed by atoms with Gasteiger partial charge in [0, 0.05) is 17.3 Å². The minimum absolute atomic E-state index is 0.157. The summed E-state index contributed by atoms with van der Waals surface area (Å²) in [4.78, 5) is 22.5. The predicted octanol–water partition coefficient (Wildman–Crippen LogP) is 4.37. The van der Waals surface area contributed by atoms with Crippen molar-refractivity contribution in [3.8, 4) is 11.8 Å². The van der Waals surface area contributed by atoms with Crippen LogP contribution in [0.3, 0.4) is 0 Å². The lowest BCUT2D eigenvalue weighted by atomic mass is 10.2. The number of benzene rings is 2. The van der Waals surface area contributed by atoms with Crippen molar-refractivity contribution >= 4 is 46.2 Å². The minimum atomic E-state index is -0.713. The van der Waals surface area contributed by atoms with Gasteiger partial charge < -0.3 is 15.4 Å². The first kappa shape index (κ1) is 20.0. The van der Waals surface area contributed by atoms with E-state index in [0.717, 1.165) is 6.20 Å². The maximum Gasteiger partial charge on any atom is 0.273 e. The van der Waals surface area contributed by atoms with E-state index >= 15 is 0 Å². The minimum Gasteiger partial charge on any atom is -0.494 e. The van der Waals surface area contributed by atoms with Crippen LogP contribution in [0, 0.1) is 21.4 Å². The third kappa shape index (κ3) is 5.10. The van der Waals surface area contributed by atoms with Crippen molar-refractivity contribution in [1.82, 2.24) is 0 Å². The first-order chi connectivity index (χ1) is 12.8.